The number of methoxy groups -OCH3 is 1. The lowest BCUT2D eigenvalue weighted by molar-refractivity contribution is 0.411. The van der Waals surface area contributed by atoms with Gasteiger partial charge in [0, 0.05) is 11.8 Å². The quantitative estimate of drug-likeness (QED) is 0.627. The number of rotatable bonds is 2. The zero-order valence-corrected chi connectivity index (χ0v) is 6.16. The van der Waals surface area contributed by atoms with Gasteiger partial charge in [0.25, 0.3) is 0 Å². The molecule has 1 rings (SSSR count). The van der Waals surface area contributed by atoms with Crippen molar-refractivity contribution in [1.29, 1.82) is 5.41 Å². The van der Waals surface area contributed by atoms with Gasteiger partial charge in [-0.2, -0.15) is 0 Å². The summed E-state index contributed by atoms with van der Waals surface area (Å²) < 4.78 is 4.93. The molecule has 0 saturated carbocycles. The number of hydrogen-bond donors (Lipinski definition) is 2. The Kier molecular flexibility index (Phi) is 2.11. The Morgan fingerprint density at radius 2 is 2.27 bits per heavy atom. The molecule has 11 heavy (non-hydrogen) atoms. The predicted molar refractivity (Wildman–Crippen MR) is 42.5 cm³/mol. The minimum atomic E-state index is 0.143. The number of hydrogen-bond acceptors (Lipinski definition) is 3. The van der Waals surface area contributed by atoms with Gasteiger partial charge in [0.05, 0.1) is 7.11 Å². The van der Waals surface area contributed by atoms with Gasteiger partial charge in [-0.3, -0.25) is 0 Å². The molecule has 0 aliphatic heterocycles. The number of nitrogens with one attached hydrogen (secondary N) is 1. The minimum Gasteiger partial charge on any atom is -0.508 e. The van der Waals surface area contributed by atoms with E-state index in [4.69, 9.17) is 15.3 Å². The van der Waals surface area contributed by atoms with E-state index in [0.717, 1.165) is 6.21 Å². The SMILES string of the molecule is COc1ccc(O)cc1C=N. The molecule has 0 spiro atoms. The summed E-state index contributed by atoms with van der Waals surface area (Å²) in [5, 5.41) is 16.0. The van der Waals surface area contributed by atoms with Crippen LogP contribution in [0.3, 0.4) is 0 Å². The van der Waals surface area contributed by atoms with E-state index < -0.39 is 0 Å². The summed E-state index contributed by atoms with van der Waals surface area (Å²) in [7, 11) is 1.53. The molecule has 0 radical (unpaired) electrons. The van der Waals surface area contributed by atoms with Crippen molar-refractivity contribution < 1.29 is 9.84 Å². The van der Waals surface area contributed by atoms with Gasteiger partial charge in [-0.25, -0.2) is 0 Å². The molecule has 58 valence electrons. The molecule has 1 aromatic carbocycles. The van der Waals surface area contributed by atoms with Gasteiger partial charge in [0.15, 0.2) is 0 Å². The Bertz CT molecular complexity index is 271. The zero-order valence-electron chi connectivity index (χ0n) is 6.16. The highest BCUT2D eigenvalue weighted by Gasteiger charge is 1.99. The van der Waals surface area contributed by atoms with Crippen LogP contribution in [0, 0.1) is 5.41 Å². The van der Waals surface area contributed by atoms with Gasteiger partial charge in [0.2, 0.25) is 0 Å². The molecule has 0 atom stereocenters. The second-order valence-corrected chi connectivity index (χ2v) is 2.07. The van der Waals surface area contributed by atoms with E-state index in [1.54, 1.807) is 6.07 Å². The molecule has 0 saturated heterocycles. The first-order valence-electron chi connectivity index (χ1n) is 3.15. The maximum atomic E-state index is 9.01. The van der Waals surface area contributed by atoms with Crippen molar-refractivity contribution in [2.75, 3.05) is 7.11 Å². The van der Waals surface area contributed by atoms with Crippen LogP contribution >= 0.6 is 0 Å². The third kappa shape index (κ3) is 1.49. The van der Waals surface area contributed by atoms with E-state index in [0.29, 0.717) is 11.3 Å². The zero-order chi connectivity index (χ0) is 8.27. The molecular formula is C8H9NO2. The lowest BCUT2D eigenvalue weighted by atomic mass is 10.2. The van der Waals surface area contributed by atoms with Gasteiger partial charge in [-0.15, -0.1) is 0 Å². The van der Waals surface area contributed by atoms with Crippen LogP contribution in [0.2, 0.25) is 0 Å². The Hall–Kier alpha value is -1.51. The standard InChI is InChI=1S/C8H9NO2/c1-11-8-3-2-7(10)4-6(8)5-9/h2-5,9-10H,1H3. The van der Waals surface area contributed by atoms with Crippen molar-refractivity contribution in [2.24, 2.45) is 0 Å². The smallest absolute Gasteiger partial charge is 0.127 e. The molecule has 0 aromatic heterocycles. The lowest BCUT2D eigenvalue weighted by Crippen LogP contribution is -1.88. The molecule has 0 fully saturated rings. The number of aromatic hydroxyl groups is 1. The maximum Gasteiger partial charge on any atom is 0.127 e. The van der Waals surface area contributed by atoms with E-state index in [1.807, 2.05) is 0 Å². The third-order valence-corrected chi connectivity index (χ3v) is 1.37. The van der Waals surface area contributed by atoms with E-state index in [-0.39, 0.29) is 5.75 Å². The first-order chi connectivity index (χ1) is 5.27. The average Bonchev–Trinajstić information content (AvgIpc) is 2.04. The molecular weight excluding hydrogens is 142 g/mol. The Labute approximate surface area is 64.8 Å². The van der Waals surface area contributed by atoms with Crippen LogP contribution in [0.25, 0.3) is 0 Å². The number of phenols is 1. The molecule has 1 aromatic rings. The predicted octanol–water partition coefficient (Wildman–Crippen LogP) is 1.40. The molecule has 0 heterocycles. The summed E-state index contributed by atoms with van der Waals surface area (Å²) in [4.78, 5) is 0. The van der Waals surface area contributed by atoms with Gasteiger partial charge >= 0.3 is 0 Å². The maximum absolute atomic E-state index is 9.01. The first-order valence-corrected chi connectivity index (χ1v) is 3.15. The van der Waals surface area contributed by atoms with Crippen molar-refractivity contribution in [2.45, 2.75) is 0 Å². The minimum absolute atomic E-state index is 0.143. The summed E-state index contributed by atoms with van der Waals surface area (Å²) in [5.74, 6) is 0.738. The average molecular weight is 151 g/mol. The van der Waals surface area contributed by atoms with Crippen molar-refractivity contribution in [1.82, 2.24) is 0 Å². The van der Waals surface area contributed by atoms with Crippen LogP contribution < -0.4 is 4.74 Å². The van der Waals surface area contributed by atoms with Crippen molar-refractivity contribution in [3.05, 3.63) is 23.8 Å². The Balaban J connectivity index is 3.16. The number of ether oxygens (including phenoxy) is 1. The summed E-state index contributed by atoms with van der Waals surface area (Å²) in [6.07, 6.45) is 1.14. The fourth-order valence-corrected chi connectivity index (χ4v) is 0.835. The summed E-state index contributed by atoms with van der Waals surface area (Å²) in [6.45, 7) is 0. The molecule has 0 unspecified atom stereocenters. The van der Waals surface area contributed by atoms with Crippen LogP contribution in [-0.4, -0.2) is 18.4 Å². The van der Waals surface area contributed by atoms with Crippen molar-refractivity contribution in [3.8, 4) is 11.5 Å². The van der Waals surface area contributed by atoms with Crippen molar-refractivity contribution in [3.63, 3.8) is 0 Å². The highest BCUT2D eigenvalue weighted by molar-refractivity contribution is 5.81. The molecule has 3 nitrogen and oxygen atoms in total. The van der Waals surface area contributed by atoms with Gasteiger partial charge in [-0.05, 0) is 18.2 Å². The van der Waals surface area contributed by atoms with Gasteiger partial charge in [0.1, 0.15) is 11.5 Å². The first kappa shape index (κ1) is 7.60. The van der Waals surface area contributed by atoms with Crippen LogP contribution in [0.1, 0.15) is 5.56 Å². The molecule has 0 aliphatic rings. The number of benzene rings is 1. The van der Waals surface area contributed by atoms with Gasteiger partial charge < -0.3 is 15.3 Å². The fraction of sp³-hybridized carbons (Fsp3) is 0.125. The van der Waals surface area contributed by atoms with Gasteiger partial charge in [-0.1, -0.05) is 0 Å². The largest absolute Gasteiger partial charge is 0.508 e. The number of phenolic OH excluding ortho intramolecular Hbond substituents is 1. The highest BCUT2D eigenvalue weighted by Crippen LogP contribution is 2.20. The van der Waals surface area contributed by atoms with E-state index in [9.17, 15) is 0 Å². The van der Waals surface area contributed by atoms with E-state index in [1.165, 1.54) is 19.2 Å². The van der Waals surface area contributed by atoms with Crippen molar-refractivity contribution >= 4 is 6.21 Å². The second-order valence-electron chi connectivity index (χ2n) is 2.07. The highest BCUT2D eigenvalue weighted by atomic mass is 16.5. The van der Waals surface area contributed by atoms with Crippen LogP contribution in [0.5, 0.6) is 11.5 Å². The normalized spacial score (nSPS) is 9.18. The van der Waals surface area contributed by atoms with E-state index in [2.05, 4.69) is 0 Å². The summed E-state index contributed by atoms with van der Waals surface area (Å²) >= 11 is 0. The topological polar surface area (TPSA) is 53.3 Å². The van der Waals surface area contributed by atoms with E-state index >= 15 is 0 Å². The second kappa shape index (κ2) is 3.05. The molecule has 2 N–H and O–H groups in total. The molecule has 0 aliphatic carbocycles. The molecule has 3 heteroatoms. The molecule has 0 bridgehead atoms. The Morgan fingerprint density at radius 3 is 2.82 bits per heavy atom. The summed E-state index contributed by atoms with van der Waals surface area (Å²) in [5.41, 5.74) is 0.576. The monoisotopic (exact) mass is 151 g/mol. The Morgan fingerprint density at radius 1 is 1.55 bits per heavy atom. The molecule has 0 amide bonds. The summed E-state index contributed by atoms with van der Waals surface area (Å²) in [6, 6.07) is 4.62. The third-order valence-electron chi connectivity index (χ3n) is 1.37. The van der Waals surface area contributed by atoms with Crippen LogP contribution in [0.4, 0.5) is 0 Å². The fourth-order valence-electron chi connectivity index (χ4n) is 0.835. The van der Waals surface area contributed by atoms with Crippen LogP contribution in [-0.2, 0) is 0 Å². The van der Waals surface area contributed by atoms with Crippen LogP contribution in [0.15, 0.2) is 18.2 Å². The lowest BCUT2D eigenvalue weighted by Gasteiger charge is -2.02.